The highest BCUT2D eigenvalue weighted by atomic mass is 15.3. The number of anilines is 2. The van der Waals surface area contributed by atoms with E-state index in [1.54, 1.807) is 5.56 Å². The first-order valence-electron chi connectivity index (χ1n) is 19.3. The summed E-state index contributed by atoms with van der Waals surface area (Å²) < 4.78 is 2.72. The molecule has 5 aromatic rings. The van der Waals surface area contributed by atoms with E-state index in [1.165, 1.54) is 104 Å². The molecule has 2 nitrogen and oxygen atoms in total. The Morgan fingerprint density at radius 3 is 1.96 bits per heavy atom. The molecule has 0 radical (unpaired) electrons. The molecule has 0 bridgehead atoms. The number of aryl methyl sites for hydroxylation is 1. The fourth-order valence-corrected chi connectivity index (χ4v) is 10.8. The lowest BCUT2D eigenvalue weighted by atomic mass is 9.33. The van der Waals surface area contributed by atoms with Crippen LogP contribution in [0.15, 0.2) is 66.7 Å². The normalized spacial score (nSPS) is 22.2. The van der Waals surface area contributed by atoms with Crippen molar-refractivity contribution < 1.29 is 0 Å². The highest BCUT2D eigenvalue weighted by Crippen LogP contribution is 2.62. The molecule has 0 N–H and O–H groups in total. The van der Waals surface area contributed by atoms with Crippen LogP contribution in [0.4, 0.5) is 11.4 Å². The molecule has 1 fully saturated rings. The lowest BCUT2D eigenvalue weighted by Crippen LogP contribution is -2.64. The van der Waals surface area contributed by atoms with Crippen LogP contribution >= 0.6 is 0 Å². The lowest BCUT2D eigenvalue weighted by molar-refractivity contribution is 0.195. The minimum Gasteiger partial charge on any atom is -0.335 e. The SMILES string of the molecule is Cc1cc2c3c(c1)-n1c(-c4ccccc4)c(C(C)(C)C)c4cc(C(C)(C)C)cc(c41)B3c1cc(C(C)(C)C)cc3c1N2C1(C)CCCCC31C. The van der Waals surface area contributed by atoms with Crippen molar-refractivity contribution in [3.05, 3.63) is 94.5 Å². The van der Waals surface area contributed by atoms with Gasteiger partial charge in [0.15, 0.2) is 0 Å². The maximum absolute atomic E-state index is 2.89. The van der Waals surface area contributed by atoms with E-state index in [4.69, 9.17) is 0 Å². The lowest BCUT2D eigenvalue weighted by Gasteiger charge is -2.52. The van der Waals surface area contributed by atoms with Crippen molar-refractivity contribution in [2.75, 3.05) is 4.90 Å². The monoisotopic (exact) mass is 658 g/mol. The quantitative estimate of drug-likeness (QED) is 0.160. The third kappa shape index (κ3) is 3.99. The number of hydrogen-bond acceptors (Lipinski definition) is 1. The summed E-state index contributed by atoms with van der Waals surface area (Å²) in [7, 11) is 0. The van der Waals surface area contributed by atoms with Crippen LogP contribution in [-0.2, 0) is 21.7 Å². The summed E-state index contributed by atoms with van der Waals surface area (Å²) >= 11 is 0. The highest BCUT2D eigenvalue weighted by molar-refractivity contribution is 7.00. The summed E-state index contributed by atoms with van der Waals surface area (Å²) in [6.45, 7) is 29.4. The molecule has 9 rings (SSSR count). The van der Waals surface area contributed by atoms with Gasteiger partial charge >= 0.3 is 0 Å². The molecule has 1 aromatic heterocycles. The fourth-order valence-electron chi connectivity index (χ4n) is 10.8. The highest BCUT2D eigenvalue weighted by Gasteiger charge is 2.61. The zero-order valence-electron chi connectivity index (χ0n) is 32.7. The minimum absolute atomic E-state index is 0.0110. The van der Waals surface area contributed by atoms with Crippen molar-refractivity contribution in [2.24, 2.45) is 0 Å². The zero-order chi connectivity index (χ0) is 35.5. The van der Waals surface area contributed by atoms with E-state index in [-0.39, 0.29) is 33.9 Å². The Kier molecular flexibility index (Phi) is 6.30. The molecule has 0 amide bonds. The number of nitrogens with zero attached hydrogens (tertiary/aromatic N) is 2. The van der Waals surface area contributed by atoms with Gasteiger partial charge in [-0.15, -0.1) is 0 Å². The standard InChI is InChI=1S/C47H55BN2/c1-28-22-36-39-37(23-28)50-42-33(46(11)20-16-17-21-47(46,50)12)25-31(44(5,6)7)27-35(42)48(39)34-26-30(43(2,3)4)24-32-38(45(8,9)10)40(49(36)41(32)34)29-18-14-13-15-19-29/h13-15,18-19,22-27H,16-17,20-21H2,1-12H3. The van der Waals surface area contributed by atoms with Gasteiger partial charge in [0.2, 0.25) is 0 Å². The fraction of sp³-hybridized carbons (Fsp3) is 0.447. The van der Waals surface area contributed by atoms with Crippen molar-refractivity contribution in [1.82, 2.24) is 4.57 Å². The first-order chi connectivity index (χ1) is 23.4. The van der Waals surface area contributed by atoms with E-state index in [1.807, 2.05) is 0 Å². The van der Waals surface area contributed by atoms with E-state index >= 15 is 0 Å². The Labute approximate surface area is 301 Å². The Bertz CT molecular complexity index is 2270. The molecule has 0 spiro atoms. The molecular formula is C47H55BN2. The first kappa shape index (κ1) is 32.2. The second-order valence-corrected chi connectivity index (χ2v) is 19.9. The van der Waals surface area contributed by atoms with Crippen LogP contribution in [-0.4, -0.2) is 16.8 Å². The van der Waals surface area contributed by atoms with Gasteiger partial charge in [-0.25, -0.2) is 0 Å². The molecule has 3 aliphatic heterocycles. The van der Waals surface area contributed by atoms with Crippen LogP contribution in [0, 0.1) is 6.92 Å². The van der Waals surface area contributed by atoms with Gasteiger partial charge in [-0.05, 0) is 111 Å². The topological polar surface area (TPSA) is 8.17 Å². The Balaban J connectivity index is 1.53. The van der Waals surface area contributed by atoms with Crippen molar-refractivity contribution in [3.63, 3.8) is 0 Å². The van der Waals surface area contributed by atoms with Crippen molar-refractivity contribution in [3.8, 4) is 16.9 Å². The molecule has 2 atom stereocenters. The van der Waals surface area contributed by atoms with Crippen LogP contribution in [0.5, 0.6) is 0 Å². The van der Waals surface area contributed by atoms with Crippen molar-refractivity contribution >= 4 is 45.4 Å². The molecular weight excluding hydrogens is 603 g/mol. The van der Waals surface area contributed by atoms with Gasteiger partial charge in [0.1, 0.15) is 0 Å². The van der Waals surface area contributed by atoms with Gasteiger partial charge in [-0.3, -0.25) is 0 Å². The van der Waals surface area contributed by atoms with Gasteiger partial charge in [0.25, 0.3) is 6.71 Å². The van der Waals surface area contributed by atoms with Crippen LogP contribution < -0.4 is 21.3 Å². The summed E-state index contributed by atoms with van der Waals surface area (Å²) in [4.78, 5) is 2.89. The Morgan fingerprint density at radius 1 is 0.680 bits per heavy atom. The summed E-state index contributed by atoms with van der Waals surface area (Å²) in [5.74, 6) is 0. The first-order valence-corrected chi connectivity index (χ1v) is 19.3. The Hall–Kier alpha value is -3.72. The molecule has 2 unspecified atom stereocenters. The minimum atomic E-state index is -0.0609. The number of rotatable bonds is 1. The average molecular weight is 659 g/mol. The second-order valence-electron chi connectivity index (χ2n) is 19.9. The number of hydrogen-bond donors (Lipinski definition) is 0. The molecule has 1 saturated carbocycles. The number of aromatic nitrogens is 1. The van der Waals surface area contributed by atoms with Gasteiger partial charge in [-0.1, -0.05) is 131 Å². The molecule has 3 heteroatoms. The molecule has 1 aliphatic carbocycles. The van der Waals surface area contributed by atoms with Gasteiger partial charge < -0.3 is 9.47 Å². The van der Waals surface area contributed by atoms with E-state index in [2.05, 4.69) is 159 Å². The van der Waals surface area contributed by atoms with Gasteiger partial charge in [0.05, 0.1) is 11.2 Å². The Morgan fingerprint density at radius 2 is 1.30 bits per heavy atom. The van der Waals surface area contributed by atoms with Crippen LogP contribution in [0.3, 0.4) is 0 Å². The molecule has 50 heavy (non-hydrogen) atoms. The summed E-state index contributed by atoms with van der Waals surface area (Å²) in [6.07, 6.45) is 5.06. The average Bonchev–Trinajstić information content (AvgIpc) is 3.49. The van der Waals surface area contributed by atoms with Gasteiger partial charge in [-0.2, -0.15) is 0 Å². The summed E-state index contributed by atoms with van der Waals surface area (Å²) in [5, 5.41) is 1.42. The van der Waals surface area contributed by atoms with Crippen molar-refractivity contribution in [1.29, 1.82) is 0 Å². The third-order valence-corrected chi connectivity index (χ3v) is 13.5. The van der Waals surface area contributed by atoms with Crippen molar-refractivity contribution in [2.45, 2.75) is 136 Å². The van der Waals surface area contributed by atoms with E-state index in [9.17, 15) is 0 Å². The maximum atomic E-state index is 2.89. The van der Waals surface area contributed by atoms with E-state index in [0.29, 0.717) is 0 Å². The maximum Gasteiger partial charge on any atom is 0.252 e. The summed E-state index contributed by atoms with van der Waals surface area (Å²) in [6, 6.07) is 26.8. The van der Waals surface area contributed by atoms with Crippen LogP contribution in [0.25, 0.3) is 27.8 Å². The van der Waals surface area contributed by atoms with E-state index < -0.39 is 0 Å². The molecule has 4 aliphatic rings. The van der Waals surface area contributed by atoms with Crippen LogP contribution in [0.2, 0.25) is 0 Å². The number of benzene rings is 4. The largest absolute Gasteiger partial charge is 0.335 e. The number of fused-ring (bicyclic) bond motifs is 7. The second kappa shape index (κ2) is 9.78. The summed E-state index contributed by atoms with van der Waals surface area (Å²) in [5.41, 5.74) is 20.3. The molecule has 4 aromatic carbocycles. The molecule has 0 saturated heterocycles. The predicted octanol–water partition coefficient (Wildman–Crippen LogP) is 10.4. The molecule has 4 heterocycles. The smallest absolute Gasteiger partial charge is 0.252 e. The predicted molar refractivity (Wildman–Crippen MR) is 217 cm³/mol. The van der Waals surface area contributed by atoms with Gasteiger partial charge in [0, 0.05) is 33.4 Å². The third-order valence-electron chi connectivity index (χ3n) is 13.5. The van der Waals surface area contributed by atoms with E-state index in [0.717, 1.165) is 0 Å². The molecule has 256 valence electrons. The zero-order valence-corrected chi connectivity index (χ0v) is 32.7. The van der Waals surface area contributed by atoms with Crippen LogP contribution in [0.1, 0.15) is 130 Å².